The SMILES string of the molecule is CNS(=O)(=O)c1cc(C(=O)NCc2ccc(-n3nc(C)cc3C)cc2C(F)(F)F)n(C)c1. The molecule has 0 radical (unpaired) electrons. The van der Waals surface area contributed by atoms with Crippen LogP contribution in [0.2, 0.25) is 0 Å². The van der Waals surface area contributed by atoms with E-state index in [1.54, 1.807) is 19.9 Å². The third kappa shape index (κ3) is 4.70. The van der Waals surface area contributed by atoms with Crippen LogP contribution in [0.5, 0.6) is 0 Å². The zero-order valence-electron chi connectivity index (χ0n) is 17.8. The van der Waals surface area contributed by atoms with E-state index < -0.39 is 34.2 Å². The van der Waals surface area contributed by atoms with Crippen molar-refractivity contribution in [2.45, 2.75) is 31.5 Å². The van der Waals surface area contributed by atoms with Gasteiger partial charge in [-0.05, 0) is 50.7 Å². The summed E-state index contributed by atoms with van der Waals surface area (Å²) in [4.78, 5) is 12.4. The molecule has 2 N–H and O–H groups in total. The molecule has 0 spiro atoms. The van der Waals surface area contributed by atoms with Crippen molar-refractivity contribution < 1.29 is 26.4 Å². The first-order valence-electron chi connectivity index (χ1n) is 9.45. The lowest BCUT2D eigenvalue weighted by atomic mass is 10.1. The van der Waals surface area contributed by atoms with Gasteiger partial charge in [0.25, 0.3) is 5.91 Å². The largest absolute Gasteiger partial charge is 0.416 e. The summed E-state index contributed by atoms with van der Waals surface area (Å²) in [5, 5.41) is 6.64. The standard InChI is InChI=1S/C20H22F3N5O3S/c1-12-7-13(2)28(26-12)15-6-5-14(17(8-15)20(21,22)23)10-25-19(29)18-9-16(11-27(18)4)32(30,31)24-3/h5-9,11,24H,10H2,1-4H3,(H,25,29). The molecule has 3 rings (SSSR count). The molecule has 2 aromatic heterocycles. The van der Waals surface area contributed by atoms with Gasteiger partial charge in [-0.1, -0.05) is 6.07 Å². The maximum Gasteiger partial charge on any atom is 0.416 e. The minimum Gasteiger partial charge on any atom is -0.347 e. The number of alkyl halides is 3. The van der Waals surface area contributed by atoms with Gasteiger partial charge in [-0.2, -0.15) is 18.3 Å². The molecule has 0 saturated heterocycles. The van der Waals surface area contributed by atoms with Gasteiger partial charge in [-0.3, -0.25) is 4.79 Å². The number of hydrogen-bond donors (Lipinski definition) is 2. The van der Waals surface area contributed by atoms with E-state index in [1.165, 1.54) is 41.7 Å². The molecule has 0 fully saturated rings. The van der Waals surface area contributed by atoms with E-state index >= 15 is 0 Å². The average Bonchev–Trinajstić information content (AvgIpc) is 3.27. The van der Waals surface area contributed by atoms with Gasteiger partial charge in [0.1, 0.15) is 10.6 Å². The highest BCUT2D eigenvalue weighted by Crippen LogP contribution is 2.33. The molecule has 0 atom stereocenters. The average molecular weight is 469 g/mol. The summed E-state index contributed by atoms with van der Waals surface area (Å²) in [6, 6.07) is 6.68. The smallest absolute Gasteiger partial charge is 0.347 e. The number of benzene rings is 1. The number of amides is 1. The minimum absolute atomic E-state index is 0.00774. The first kappa shape index (κ1) is 23.5. The summed E-state index contributed by atoms with van der Waals surface area (Å²) in [6.07, 6.45) is -3.41. The summed E-state index contributed by atoms with van der Waals surface area (Å²) in [5.74, 6) is -0.708. The zero-order valence-corrected chi connectivity index (χ0v) is 18.6. The molecule has 0 aliphatic rings. The predicted octanol–water partition coefficient (Wildman–Crippen LogP) is 2.68. The number of halogens is 3. The van der Waals surface area contributed by atoms with Crippen molar-refractivity contribution >= 4 is 15.9 Å². The number of carbonyl (C=O) groups excluding carboxylic acids is 1. The van der Waals surface area contributed by atoms with Crippen LogP contribution >= 0.6 is 0 Å². The van der Waals surface area contributed by atoms with E-state index in [9.17, 15) is 26.4 Å². The third-order valence-electron chi connectivity index (χ3n) is 4.88. The Hall–Kier alpha value is -3.12. The number of nitrogens with one attached hydrogen (secondary N) is 2. The molecule has 32 heavy (non-hydrogen) atoms. The molecule has 8 nitrogen and oxygen atoms in total. The summed E-state index contributed by atoms with van der Waals surface area (Å²) in [5.41, 5.74) is 0.581. The number of carbonyl (C=O) groups is 1. The van der Waals surface area contributed by atoms with E-state index in [4.69, 9.17) is 0 Å². The van der Waals surface area contributed by atoms with Crippen LogP contribution < -0.4 is 10.0 Å². The lowest BCUT2D eigenvalue weighted by molar-refractivity contribution is -0.138. The van der Waals surface area contributed by atoms with Gasteiger partial charge < -0.3 is 9.88 Å². The fourth-order valence-electron chi connectivity index (χ4n) is 3.30. The lowest BCUT2D eigenvalue weighted by Crippen LogP contribution is -2.26. The summed E-state index contributed by atoms with van der Waals surface area (Å²) < 4.78 is 69.8. The molecule has 1 amide bonds. The highest BCUT2D eigenvalue weighted by Gasteiger charge is 2.34. The predicted molar refractivity (Wildman–Crippen MR) is 111 cm³/mol. The van der Waals surface area contributed by atoms with Crippen LogP contribution in [0.15, 0.2) is 41.4 Å². The van der Waals surface area contributed by atoms with Crippen molar-refractivity contribution in [2.75, 3.05) is 7.05 Å². The number of aromatic nitrogens is 3. The molecule has 0 unspecified atom stereocenters. The third-order valence-corrected chi connectivity index (χ3v) is 6.27. The van der Waals surface area contributed by atoms with Gasteiger partial charge in [-0.15, -0.1) is 0 Å². The number of aryl methyl sites for hydroxylation is 3. The van der Waals surface area contributed by atoms with Gasteiger partial charge in [0.15, 0.2) is 0 Å². The van der Waals surface area contributed by atoms with E-state index in [0.717, 1.165) is 12.1 Å². The molecular weight excluding hydrogens is 447 g/mol. The van der Waals surface area contributed by atoms with Crippen molar-refractivity contribution in [3.05, 3.63) is 64.7 Å². The molecule has 172 valence electrons. The summed E-state index contributed by atoms with van der Waals surface area (Å²) in [6.45, 7) is 3.09. The number of sulfonamides is 1. The Balaban J connectivity index is 1.88. The van der Waals surface area contributed by atoms with Gasteiger partial charge in [0.2, 0.25) is 10.0 Å². The fourth-order valence-corrected chi connectivity index (χ4v) is 4.09. The van der Waals surface area contributed by atoms with Crippen LogP contribution in [-0.2, 0) is 29.8 Å². The first-order chi connectivity index (χ1) is 14.8. The van der Waals surface area contributed by atoms with Gasteiger partial charge in [0, 0.05) is 25.5 Å². The quantitative estimate of drug-likeness (QED) is 0.580. The summed E-state index contributed by atoms with van der Waals surface area (Å²) >= 11 is 0. The molecule has 2 heterocycles. The number of nitrogens with zero attached hydrogens (tertiary/aromatic N) is 3. The highest BCUT2D eigenvalue weighted by molar-refractivity contribution is 7.89. The van der Waals surface area contributed by atoms with E-state index in [1.807, 2.05) is 0 Å². The molecule has 0 bridgehead atoms. The molecule has 12 heteroatoms. The Morgan fingerprint density at radius 1 is 1.16 bits per heavy atom. The van der Waals surface area contributed by atoms with E-state index in [0.29, 0.717) is 11.4 Å². The van der Waals surface area contributed by atoms with Crippen LogP contribution in [0.25, 0.3) is 5.69 Å². The van der Waals surface area contributed by atoms with Crippen molar-refractivity contribution in [1.29, 1.82) is 0 Å². The maximum absolute atomic E-state index is 13.7. The normalized spacial score (nSPS) is 12.2. The van der Waals surface area contributed by atoms with Gasteiger partial charge in [-0.25, -0.2) is 17.8 Å². The number of hydrogen-bond acceptors (Lipinski definition) is 4. The van der Waals surface area contributed by atoms with Crippen LogP contribution in [0.1, 0.15) is 33.0 Å². The topological polar surface area (TPSA) is 98.0 Å². The molecule has 1 aromatic carbocycles. The second kappa shape index (κ2) is 8.43. The van der Waals surface area contributed by atoms with Crippen LogP contribution in [-0.4, -0.2) is 35.7 Å². The Bertz CT molecular complexity index is 1280. The molecule has 0 aliphatic heterocycles. The molecular formula is C20H22F3N5O3S. The second-order valence-electron chi connectivity index (χ2n) is 7.24. The minimum atomic E-state index is -4.65. The maximum atomic E-state index is 13.7. The van der Waals surface area contributed by atoms with Crippen molar-refractivity contribution in [1.82, 2.24) is 24.4 Å². The summed E-state index contributed by atoms with van der Waals surface area (Å²) in [7, 11) is -1.07. The Morgan fingerprint density at radius 2 is 1.84 bits per heavy atom. The second-order valence-corrected chi connectivity index (χ2v) is 9.13. The van der Waals surface area contributed by atoms with Crippen LogP contribution in [0.4, 0.5) is 13.2 Å². The van der Waals surface area contributed by atoms with Crippen LogP contribution in [0.3, 0.4) is 0 Å². The lowest BCUT2D eigenvalue weighted by Gasteiger charge is -2.16. The zero-order chi connectivity index (χ0) is 23.8. The monoisotopic (exact) mass is 469 g/mol. The van der Waals surface area contributed by atoms with E-state index in [-0.39, 0.29) is 21.8 Å². The fraction of sp³-hybridized carbons (Fsp3) is 0.300. The van der Waals surface area contributed by atoms with E-state index in [2.05, 4.69) is 15.1 Å². The molecule has 3 aromatic rings. The molecule has 0 aliphatic carbocycles. The Labute approximate surface area is 183 Å². The van der Waals surface area contributed by atoms with Gasteiger partial charge in [0.05, 0.1) is 16.9 Å². The van der Waals surface area contributed by atoms with Crippen molar-refractivity contribution in [2.24, 2.45) is 7.05 Å². The molecule has 0 saturated carbocycles. The number of rotatable bonds is 6. The van der Waals surface area contributed by atoms with Crippen molar-refractivity contribution in [3.8, 4) is 5.69 Å². The Kier molecular flexibility index (Phi) is 6.20. The van der Waals surface area contributed by atoms with Crippen LogP contribution in [0, 0.1) is 13.8 Å². The van der Waals surface area contributed by atoms with Crippen molar-refractivity contribution in [3.63, 3.8) is 0 Å². The first-order valence-corrected chi connectivity index (χ1v) is 10.9. The Morgan fingerprint density at radius 3 is 2.41 bits per heavy atom. The highest BCUT2D eigenvalue weighted by atomic mass is 32.2. The van der Waals surface area contributed by atoms with Gasteiger partial charge >= 0.3 is 6.18 Å².